The van der Waals surface area contributed by atoms with Gasteiger partial charge < -0.3 is 0 Å². The highest BCUT2D eigenvalue weighted by Crippen LogP contribution is 2.10. The van der Waals surface area contributed by atoms with Crippen LogP contribution in [0.4, 0.5) is 0 Å². The molecule has 0 heterocycles. The van der Waals surface area contributed by atoms with Crippen molar-refractivity contribution in [3.63, 3.8) is 0 Å². The van der Waals surface area contributed by atoms with Crippen LogP contribution >= 0.6 is 0 Å². The summed E-state index contributed by atoms with van der Waals surface area (Å²) >= 11 is 0. The lowest BCUT2D eigenvalue weighted by Gasteiger charge is -2.02. The zero-order valence-corrected chi connectivity index (χ0v) is 19.3. The summed E-state index contributed by atoms with van der Waals surface area (Å²) in [5, 5.41) is 0. The monoisotopic (exact) mass is 406 g/mol. The van der Waals surface area contributed by atoms with Gasteiger partial charge >= 0.3 is 0 Å². The van der Waals surface area contributed by atoms with Crippen LogP contribution < -0.4 is 0 Å². The largest absolute Gasteiger partial charge is 0.0917 e. The van der Waals surface area contributed by atoms with Crippen LogP contribution in [0.25, 0.3) is 0 Å². The predicted molar refractivity (Wildman–Crippen MR) is 138 cm³/mol. The molecule has 0 spiro atoms. The Balaban J connectivity index is 0.000000544. The van der Waals surface area contributed by atoms with Crippen molar-refractivity contribution < 1.29 is 0 Å². The van der Waals surface area contributed by atoms with Crippen molar-refractivity contribution in [1.29, 1.82) is 0 Å². The molecular weight excluding hydrogens is 360 g/mol. The molecule has 0 bridgehead atoms. The van der Waals surface area contributed by atoms with Gasteiger partial charge in [0.1, 0.15) is 0 Å². The Kier molecular flexibility index (Phi) is 17.6. The zero-order chi connectivity index (χ0) is 21.2. The van der Waals surface area contributed by atoms with Gasteiger partial charge in [-0.3, -0.25) is 0 Å². The second-order valence-corrected chi connectivity index (χ2v) is 7.70. The summed E-state index contributed by atoms with van der Waals surface area (Å²) in [6.07, 6.45) is 19.6. The second-order valence-electron chi connectivity index (χ2n) is 7.70. The summed E-state index contributed by atoms with van der Waals surface area (Å²) in [7, 11) is 0. The maximum absolute atomic E-state index is 2.28. The number of hydrogen-bond donors (Lipinski definition) is 0. The van der Waals surface area contributed by atoms with E-state index in [2.05, 4.69) is 101 Å². The Hall–Kier alpha value is -2.08. The standard InChI is InChI=1S/C15H22.C14H20.CH4/c1-3-5-7-9-15-12-10-14(11-13-15)8-6-4-2;1-3-5-6-8-14-11-9-13(7-4-2)10-12-14;/h3,5,10-13H,4,6-9H2,1-2H3;3,5,9-12H,4,6-8H2,1-2H3;1H4/b2*5-3+;. The van der Waals surface area contributed by atoms with Crippen LogP contribution in [0.15, 0.2) is 72.8 Å². The quantitative estimate of drug-likeness (QED) is 0.326. The first kappa shape index (κ1) is 27.9. The molecule has 2 rings (SSSR count). The molecule has 30 heavy (non-hydrogen) atoms. The minimum atomic E-state index is 0. The van der Waals surface area contributed by atoms with Crippen molar-refractivity contribution in [1.82, 2.24) is 0 Å². The number of rotatable bonds is 11. The van der Waals surface area contributed by atoms with Gasteiger partial charge in [-0.15, -0.1) is 0 Å². The Morgan fingerprint density at radius 2 is 0.900 bits per heavy atom. The summed E-state index contributed by atoms with van der Waals surface area (Å²) in [6, 6.07) is 18.1. The van der Waals surface area contributed by atoms with Gasteiger partial charge in [0.05, 0.1) is 0 Å². The van der Waals surface area contributed by atoms with Crippen LogP contribution in [0, 0.1) is 0 Å². The molecule has 2 aromatic rings. The molecule has 0 aliphatic carbocycles. The van der Waals surface area contributed by atoms with Gasteiger partial charge in [0.25, 0.3) is 0 Å². The maximum Gasteiger partial charge on any atom is -0.0244 e. The molecule has 0 heteroatoms. The van der Waals surface area contributed by atoms with E-state index in [4.69, 9.17) is 0 Å². The summed E-state index contributed by atoms with van der Waals surface area (Å²) in [6.45, 7) is 8.61. The van der Waals surface area contributed by atoms with Gasteiger partial charge in [-0.05, 0) is 81.0 Å². The maximum atomic E-state index is 2.28. The molecule has 0 N–H and O–H groups in total. The average Bonchev–Trinajstić information content (AvgIpc) is 2.75. The average molecular weight is 407 g/mol. The molecule has 0 aromatic heterocycles. The minimum absolute atomic E-state index is 0. The Morgan fingerprint density at radius 1 is 0.533 bits per heavy atom. The number of aryl methyl sites for hydroxylation is 4. The first-order valence-electron chi connectivity index (χ1n) is 11.6. The highest BCUT2D eigenvalue weighted by molar-refractivity contribution is 5.23. The Morgan fingerprint density at radius 3 is 1.23 bits per heavy atom. The van der Waals surface area contributed by atoms with Crippen LogP contribution in [0.5, 0.6) is 0 Å². The van der Waals surface area contributed by atoms with Gasteiger partial charge in [-0.1, -0.05) is 107 Å². The van der Waals surface area contributed by atoms with Crippen molar-refractivity contribution in [2.24, 2.45) is 0 Å². The number of allylic oxidation sites excluding steroid dienone is 4. The van der Waals surface area contributed by atoms with Crippen molar-refractivity contribution in [2.75, 3.05) is 0 Å². The Labute approximate surface area is 188 Å². The van der Waals surface area contributed by atoms with E-state index in [-0.39, 0.29) is 7.43 Å². The van der Waals surface area contributed by atoms with E-state index in [1.54, 1.807) is 0 Å². The molecule has 166 valence electrons. The minimum Gasteiger partial charge on any atom is -0.0917 e. The lowest BCUT2D eigenvalue weighted by molar-refractivity contribution is 0.794. The van der Waals surface area contributed by atoms with E-state index in [1.807, 2.05) is 0 Å². The predicted octanol–water partition coefficient (Wildman–Crippen LogP) is 9.32. The lowest BCUT2D eigenvalue weighted by Crippen LogP contribution is -1.87. The fourth-order valence-electron chi connectivity index (χ4n) is 3.25. The molecule has 0 atom stereocenters. The Bertz CT molecular complexity index is 671. The highest BCUT2D eigenvalue weighted by atomic mass is 14.0. The third kappa shape index (κ3) is 13.2. The van der Waals surface area contributed by atoms with Gasteiger partial charge in [0, 0.05) is 0 Å². The molecule has 0 unspecified atom stereocenters. The lowest BCUT2D eigenvalue weighted by atomic mass is 10.0. The SMILES string of the molecule is C.C/C=C/CCc1ccc(CCC)cc1.C/C=C/CCc1ccc(CCCC)cc1. The van der Waals surface area contributed by atoms with Crippen molar-refractivity contribution in [3.8, 4) is 0 Å². The molecule has 0 saturated heterocycles. The van der Waals surface area contributed by atoms with Crippen LogP contribution in [0.2, 0.25) is 0 Å². The molecular formula is C30H46. The van der Waals surface area contributed by atoms with Crippen LogP contribution in [0.3, 0.4) is 0 Å². The normalized spacial score (nSPS) is 10.7. The number of benzene rings is 2. The number of hydrogen-bond acceptors (Lipinski definition) is 0. The topological polar surface area (TPSA) is 0 Å². The molecule has 0 radical (unpaired) electrons. The molecule has 0 amide bonds. The van der Waals surface area contributed by atoms with Crippen molar-refractivity contribution in [2.45, 2.75) is 92.9 Å². The highest BCUT2D eigenvalue weighted by Gasteiger charge is 1.94. The van der Waals surface area contributed by atoms with E-state index in [1.165, 1.54) is 60.8 Å². The molecule has 0 fully saturated rings. The van der Waals surface area contributed by atoms with E-state index in [9.17, 15) is 0 Å². The van der Waals surface area contributed by atoms with Crippen LogP contribution in [-0.4, -0.2) is 0 Å². The summed E-state index contributed by atoms with van der Waals surface area (Å²) in [5.41, 5.74) is 5.84. The summed E-state index contributed by atoms with van der Waals surface area (Å²) in [5.74, 6) is 0. The molecule has 0 aliphatic rings. The fraction of sp³-hybridized carbons (Fsp3) is 0.467. The van der Waals surface area contributed by atoms with Gasteiger partial charge in [-0.25, -0.2) is 0 Å². The van der Waals surface area contributed by atoms with Gasteiger partial charge in [0.15, 0.2) is 0 Å². The first-order valence-corrected chi connectivity index (χ1v) is 11.6. The molecule has 0 saturated carbocycles. The zero-order valence-electron chi connectivity index (χ0n) is 19.3. The van der Waals surface area contributed by atoms with Crippen molar-refractivity contribution >= 4 is 0 Å². The second kappa shape index (κ2) is 18.9. The van der Waals surface area contributed by atoms with Gasteiger partial charge in [0.2, 0.25) is 0 Å². The molecule has 2 aromatic carbocycles. The van der Waals surface area contributed by atoms with E-state index in [0.29, 0.717) is 0 Å². The van der Waals surface area contributed by atoms with Crippen LogP contribution in [-0.2, 0) is 25.7 Å². The van der Waals surface area contributed by atoms with Crippen molar-refractivity contribution in [3.05, 3.63) is 95.1 Å². The molecule has 0 nitrogen and oxygen atoms in total. The molecule has 0 aliphatic heterocycles. The van der Waals surface area contributed by atoms with Gasteiger partial charge in [-0.2, -0.15) is 0 Å². The van der Waals surface area contributed by atoms with E-state index in [0.717, 1.165) is 19.3 Å². The van der Waals surface area contributed by atoms with Crippen LogP contribution in [0.1, 0.15) is 89.5 Å². The third-order valence-corrected chi connectivity index (χ3v) is 5.07. The third-order valence-electron chi connectivity index (χ3n) is 5.07. The first-order chi connectivity index (χ1) is 14.2. The summed E-state index contributed by atoms with van der Waals surface area (Å²) in [4.78, 5) is 0. The van der Waals surface area contributed by atoms with E-state index < -0.39 is 0 Å². The smallest absolute Gasteiger partial charge is 0.0244 e. The fourth-order valence-corrected chi connectivity index (χ4v) is 3.25. The number of unbranched alkanes of at least 4 members (excludes halogenated alkanes) is 1. The van der Waals surface area contributed by atoms with E-state index >= 15 is 0 Å². The summed E-state index contributed by atoms with van der Waals surface area (Å²) < 4.78 is 0.